The van der Waals surface area contributed by atoms with E-state index in [-0.39, 0.29) is 11.8 Å². The molecule has 0 aliphatic carbocycles. The number of nitrogens with two attached hydrogens (primary N) is 1. The minimum absolute atomic E-state index is 0.112. The van der Waals surface area contributed by atoms with E-state index in [0.29, 0.717) is 22.9 Å². The Morgan fingerprint density at radius 1 is 1.12 bits per heavy atom. The molecule has 0 radical (unpaired) electrons. The summed E-state index contributed by atoms with van der Waals surface area (Å²) >= 11 is 0. The number of anilines is 1. The van der Waals surface area contributed by atoms with Crippen LogP contribution in [-0.2, 0) is 6.18 Å². The highest BCUT2D eigenvalue weighted by Gasteiger charge is 2.36. The van der Waals surface area contributed by atoms with E-state index < -0.39 is 28.1 Å². The first-order valence-electron chi connectivity index (χ1n) is 9.81. The van der Waals surface area contributed by atoms with Gasteiger partial charge in [-0.2, -0.15) is 13.2 Å². The monoisotopic (exact) mass is 457 g/mol. The summed E-state index contributed by atoms with van der Waals surface area (Å²) in [6.45, 7) is 4.00. The van der Waals surface area contributed by atoms with Crippen molar-refractivity contribution in [2.24, 2.45) is 0 Å². The van der Waals surface area contributed by atoms with E-state index in [9.17, 15) is 23.3 Å². The molecule has 0 spiro atoms. The van der Waals surface area contributed by atoms with Gasteiger partial charge in [-0.15, -0.1) is 0 Å². The molecule has 0 fully saturated rings. The van der Waals surface area contributed by atoms with E-state index >= 15 is 0 Å². The van der Waals surface area contributed by atoms with Crippen LogP contribution in [0, 0.1) is 10.1 Å². The Balaban J connectivity index is 1.71. The van der Waals surface area contributed by atoms with Crippen LogP contribution in [0.5, 0.6) is 11.5 Å². The molecular weight excluding hydrogens is 439 g/mol. The van der Waals surface area contributed by atoms with Crippen molar-refractivity contribution in [2.75, 3.05) is 5.73 Å². The number of nitrogen functional groups attached to an aromatic ring is 1. The molecule has 0 saturated carbocycles. The molecule has 2 aromatic carbocycles. The molecule has 8 nitrogen and oxygen atoms in total. The molecule has 33 heavy (non-hydrogen) atoms. The molecule has 0 bridgehead atoms. The van der Waals surface area contributed by atoms with Gasteiger partial charge in [0.2, 0.25) is 0 Å². The highest BCUT2D eigenvalue weighted by Crippen LogP contribution is 2.41. The third-order valence-electron chi connectivity index (χ3n) is 5.07. The first-order valence-corrected chi connectivity index (χ1v) is 9.81. The second kappa shape index (κ2) is 8.08. The van der Waals surface area contributed by atoms with E-state index in [4.69, 9.17) is 10.5 Å². The largest absolute Gasteiger partial charge is 0.457 e. The van der Waals surface area contributed by atoms with Gasteiger partial charge in [0, 0.05) is 29.9 Å². The van der Waals surface area contributed by atoms with Gasteiger partial charge < -0.3 is 15.0 Å². The summed E-state index contributed by atoms with van der Waals surface area (Å²) < 4.78 is 47.6. The third-order valence-corrected chi connectivity index (χ3v) is 5.07. The number of nitro groups is 1. The molecule has 0 atom stereocenters. The van der Waals surface area contributed by atoms with E-state index in [1.54, 1.807) is 12.1 Å². The van der Waals surface area contributed by atoms with Gasteiger partial charge in [0.1, 0.15) is 34.9 Å². The Morgan fingerprint density at radius 3 is 2.42 bits per heavy atom. The minimum Gasteiger partial charge on any atom is -0.457 e. The number of hydrogen-bond acceptors (Lipinski definition) is 6. The first kappa shape index (κ1) is 22.1. The molecule has 0 unspecified atom stereocenters. The summed E-state index contributed by atoms with van der Waals surface area (Å²) in [5, 5.41) is 11.5. The first-order chi connectivity index (χ1) is 15.6. The molecule has 0 aliphatic heterocycles. The van der Waals surface area contributed by atoms with Crippen molar-refractivity contribution in [2.45, 2.75) is 26.1 Å². The highest BCUT2D eigenvalue weighted by molar-refractivity contribution is 6.00. The second-order valence-electron chi connectivity index (χ2n) is 7.56. The van der Waals surface area contributed by atoms with Gasteiger partial charge in [-0.3, -0.25) is 10.1 Å². The van der Waals surface area contributed by atoms with Crippen molar-refractivity contribution < 1.29 is 22.8 Å². The fourth-order valence-electron chi connectivity index (χ4n) is 3.49. The number of non-ortho nitro benzene ring substituents is 1. The number of ether oxygens (including phenoxy) is 1. The highest BCUT2D eigenvalue weighted by atomic mass is 19.4. The van der Waals surface area contributed by atoms with Crippen molar-refractivity contribution in [3.05, 3.63) is 70.7 Å². The predicted octanol–water partition coefficient (Wildman–Crippen LogP) is 5.98. The third kappa shape index (κ3) is 4.16. The SMILES string of the molecule is CC(C)n1cc(-c2ccc(Oc3ccc([N+](=O)[O-])cc3C(F)(F)F)cc2)c2c(N)ncnc21. The van der Waals surface area contributed by atoms with Gasteiger partial charge in [-0.05, 0) is 37.6 Å². The summed E-state index contributed by atoms with van der Waals surface area (Å²) in [7, 11) is 0. The zero-order valence-corrected chi connectivity index (χ0v) is 17.5. The zero-order chi connectivity index (χ0) is 23.9. The van der Waals surface area contributed by atoms with Crippen LogP contribution in [-0.4, -0.2) is 19.5 Å². The second-order valence-corrected chi connectivity index (χ2v) is 7.56. The lowest BCUT2D eigenvalue weighted by Gasteiger charge is -2.13. The summed E-state index contributed by atoms with van der Waals surface area (Å²) in [5.74, 6) is -0.0831. The maximum atomic E-state index is 13.4. The van der Waals surface area contributed by atoms with Crippen LogP contribution in [0.1, 0.15) is 25.5 Å². The maximum absolute atomic E-state index is 13.4. The zero-order valence-electron chi connectivity index (χ0n) is 17.5. The lowest BCUT2D eigenvalue weighted by Crippen LogP contribution is -2.08. The van der Waals surface area contributed by atoms with Crippen LogP contribution < -0.4 is 10.5 Å². The Morgan fingerprint density at radius 2 is 1.82 bits per heavy atom. The van der Waals surface area contributed by atoms with Crippen molar-refractivity contribution >= 4 is 22.5 Å². The Bertz CT molecular complexity index is 1350. The number of alkyl halides is 3. The van der Waals surface area contributed by atoms with Crippen LogP contribution in [0.4, 0.5) is 24.7 Å². The van der Waals surface area contributed by atoms with Gasteiger partial charge in [-0.1, -0.05) is 12.1 Å². The summed E-state index contributed by atoms with van der Waals surface area (Å²) in [4.78, 5) is 18.4. The average Bonchev–Trinajstić information content (AvgIpc) is 3.15. The molecular formula is C22H18F3N5O3. The topological polar surface area (TPSA) is 109 Å². The number of nitrogens with zero attached hydrogens (tertiary/aromatic N) is 4. The van der Waals surface area contributed by atoms with E-state index in [1.807, 2.05) is 24.6 Å². The predicted molar refractivity (Wildman–Crippen MR) is 116 cm³/mol. The lowest BCUT2D eigenvalue weighted by molar-refractivity contribution is -0.385. The molecule has 170 valence electrons. The van der Waals surface area contributed by atoms with Crippen LogP contribution in [0.3, 0.4) is 0 Å². The van der Waals surface area contributed by atoms with Gasteiger partial charge >= 0.3 is 6.18 Å². The molecule has 0 saturated heterocycles. The van der Waals surface area contributed by atoms with Crippen LogP contribution in [0.15, 0.2) is 55.0 Å². The number of halogens is 3. The van der Waals surface area contributed by atoms with Crippen molar-refractivity contribution in [3.63, 3.8) is 0 Å². The number of benzene rings is 2. The number of aromatic nitrogens is 3. The maximum Gasteiger partial charge on any atom is 0.420 e. The summed E-state index contributed by atoms with van der Waals surface area (Å²) in [5.41, 5.74) is 6.37. The van der Waals surface area contributed by atoms with Crippen LogP contribution in [0.2, 0.25) is 0 Å². The molecule has 2 N–H and O–H groups in total. The Labute approximate surface area is 185 Å². The standard InChI is InChI=1S/C22H18F3N5O3/c1-12(2)29-10-16(19-20(26)27-11-28-21(19)29)13-3-6-15(7-4-13)33-18-8-5-14(30(31)32)9-17(18)22(23,24)25/h3-12H,1-2H3,(H2,26,27,28). The quantitative estimate of drug-likeness (QED) is 0.292. The van der Waals surface area contributed by atoms with E-state index in [0.717, 1.165) is 23.3 Å². The molecule has 0 amide bonds. The summed E-state index contributed by atoms with van der Waals surface area (Å²) in [6, 6.07) is 8.84. The minimum atomic E-state index is -4.82. The van der Waals surface area contributed by atoms with E-state index in [2.05, 4.69) is 9.97 Å². The fourth-order valence-corrected chi connectivity index (χ4v) is 3.49. The number of rotatable bonds is 5. The van der Waals surface area contributed by atoms with Gasteiger partial charge in [0.25, 0.3) is 5.69 Å². The summed E-state index contributed by atoms with van der Waals surface area (Å²) in [6.07, 6.45) is -1.54. The average molecular weight is 457 g/mol. The van der Waals surface area contributed by atoms with Gasteiger partial charge in [0.15, 0.2) is 0 Å². The molecule has 2 heterocycles. The lowest BCUT2D eigenvalue weighted by atomic mass is 10.1. The number of hydrogen-bond donors (Lipinski definition) is 1. The van der Waals surface area contributed by atoms with Crippen molar-refractivity contribution in [3.8, 4) is 22.6 Å². The molecule has 4 aromatic rings. The van der Waals surface area contributed by atoms with Crippen LogP contribution >= 0.6 is 0 Å². The van der Waals surface area contributed by atoms with Crippen molar-refractivity contribution in [1.29, 1.82) is 0 Å². The normalized spacial score (nSPS) is 11.8. The fraction of sp³-hybridized carbons (Fsp3) is 0.182. The van der Waals surface area contributed by atoms with Gasteiger partial charge in [0.05, 0.1) is 10.3 Å². The smallest absolute Gasteiger partial charge is 0.420 e. The Hall–Kier alpha value is -4.15. The molecule has 0 aliphatic rings. The number of fused-ring (bicyclic) bond motifs is 1. The van der Waals surface area contributed by atoms with Gasteiger partial charge in [-0.25, -0.2) is 9.97 Å². The molecule has 11 heteroatoms. The van der Waals surface area contributed by atoms with E-state index in [1.165, 1.54) is 18.5 Å². The number of nitro benzene ring substituents is 1. The molecule has 2 aromatic heterocycles. The van der Waals surface area contributed by atoms with Crippen molar-refractivity contribution in [1.82, 2.24) is 14.5 Å². The van der Waals surface area contributed by atoms with Crippen LogP contribution in [0.25, 0.3) is 22.2 Å². The Kier molecular flexibility index (Phi) is 5.40. The molecule has 4 rings (SSSR count).